The van der Waals surface area contributed by atoms with Crippen molar-refractivity contribution in [2.24, 2.45) is 0 Å². The predicted molar refractivity (Wildman–Crippen MR) is 128 cm³/mol. The van der Waals surface area contributed by atoms with Crippen LogP contribution in [0.5, 0.6) is 0 Å². The van der Waals surface area contributed by atoms with Crippen LogP contribution in [0.3, 0.4) is 0 Å². The number of hydrogen-bond acceptors (Lipinski definition) is 7. The third kappa shape index (κ3) is 6.92. The van der Waals surface area contributed by atoms with E-state index in [9.17, 15) is 36.6 Å². The molecule has 3 rings (SSSR count). The summed E-state index contributed by atoms with van der Waals surface area (Å²) in [6, 6.07) is -1.37. The number of hydrogen-bond donors (Lipinski definition) is 3. The molecular weight excluding hydrogens is 521 g/mol. The second-order valence-corrected chi connectivity index (χ2v) is 10.5. The summed E-state index contributed by atoms with van der Waals surface area (Å²) < 4.78 is 67.0. The first-order valence-corrected chi connectivity index (χ1v) is 12.3. The summed E-state index contributed by atoms with van der Waals surface area (Å²) in [4.78, 5) is 35.6. The Labute approximate surface area is 214 Å². The summed E-state index contributed by atoms with van der Waals surface area (Å²) in [7, 11) is 0. The zero-order chi connectivity index (χ0) is 27.7. The van der Waals surface area contributed by atoms with Gasteiger partial charge in [-0.3, -0.25) is 9.59 Å². The molecule has 14 heteroatoms. The molecule has 37 heavy (non-hydrogen) atoms. The number of alkyl halides is 5. The van der Waals surface area contributed by atoms with Gasteiger partial charge in [-0.1, -0.05) is 0 Å². The van der Waals surface area contributed by atoms with Gasteiger partial charge >= 0.3 is 6.18 Å². The Balaban J connectivity index is 2.07. The number of nitrogens with one attached hydrogen (secondary N) is 2. The minimum absolute atomic E-state index is 0.0456. The van der Waals surface area contributed by atoms with Crippen LogP contribution in [0, 0.1) is 0 Å². The average Bonchev–Trinajstić information content (AvgIpc) is 3.42. The van der Waals surface area contributed by atoms with Gasteiger partial charge in [0.2, 0.25) is 0 Å². The number of aromatic nitrogens is 2. The molecule has 2 atom stereocenters. The van der Waals surface area contributed by atoms with Crippen LogP contribution in [-0.2, 0) is 0 Å². The van der Waals surface area contributed by atoms with Crippen molar-refractivity contribution in [1.82, 2.24) is 20.2 Å². The molecule has 2 aromatic heterocycles. The van der Waals surface area contributed by atoms with Crippen LogP contribution in [0.15, 0.2) is 12.3 Å². The van der Waals surface area contributed by atoms with Gasteiger partial charge in [0.05, 0.1) is 10.5 Å². The number of thiazole rings is 1. The maximum Gasteiger partial charge on any atom is 0.408 e. The summed E-state index contributed by atoms with van der Waals surface area (Å²) in [5.74, 6) is -1.69. The molecule has 204 valence electrons. The second-order valence-electron chi connectivity index (χ2n) is 9.55. The normalized spacial score (nSPS) is 17.3. The lowest BCUT2D eigenvalue weighted by Gasteiger charge is -2.21. The summed E-state index contributed by atoms with van der Waals surface area (Å²) in [5.41, 5.74) is -2.33. The van der Waals surface area contributed by atoms with E-state index in [-0.39, 0.29) is 33.7 Å². The van der Waals surface area contributed by atoms with Gasteiger partial charge in [0.15, 0.2) is 5.01 Å². The first kappa shape index (κ1) is 28.7. The molecule has 0 radical (unpaired) electrons. The second kappa shape index (κ2) is 10.9. The van der Waals surface area contributed by atoms with Gasteiger partial charge in [-0.05, 0) is 46.6 Å². The van der Waals surface area contributed by atoms with E-state index in [4.69, 9.17) is 0 Å². The standard InChI is InChI=1S/C23H28F5N5O3S/c1-11-6-5-7-33(11)21(35)16-17(37-20(32-16)19(34)30-10-22(3,4)36)14-9-29-15(8-13(14)18(24)25)31-12(2)23(26,27)28/h8-9,11-12,18,36H,5-7,10H2,1-4H3,(H,29,31)(H,30,34)/t11-,12+/m0/s1. The molecule has 0 aromatic carbocycles. The average molecular weight is 550 g/mol. The number of carbonyl (C=O) groups excluding carboxylic acids is 2. The van der Waals surface area contributed by atoms with Crippen LogP contribution in [0.25, 0.3) is 10.4 Å². The molecule has 2 aromatic rings. The molecule has 0 unspecified atom stereocenters. The largest absolute Gasteiger partial charge is 0.408 e. The van der Waals surface area contributed by atoms with Crippen molar-refractivity contribution < 1.29 is 36.6 Å². The third-order valence-electron chi connectivity index (χ3n) is 5.79. The van der Waals surface area contributed by atoms with E-state index in [1.54, 1.807) is 0 Å². The number of halogens is 5. The number of carbonyl (C=O) groups is 2. The predicted octanol–water partition coefficient (Wildman–Crippen LogP) is 4.63. The molecular formula is C23H28F5N5O3S. The number of pyridine rings is 1. The topological polar surface area (TPSA) is 107 Å². The zero-order valence-electron chi connectivity index (χ0n) is 20.6. The van der Waals surface area contributed by atoms with Gasteiger partial charge in [0, 0.05) is 36.5 Å². The highest BCUT2D eigenvalue weighted by Crippen LogP contribution is 2.39. The van der Waals surface area contributed by atoms with Crippen LogP contribution in [0.1, 0.15) is 72.8 Å². The molecule has 1 fully saturated rings. The van der Waals surface area contributed by atoms with E-state index >= 15 is 0 Å². The molecule has 1 aliphatic rings. The van der Waals surface area contributed by atoms with Gasteiger partial charge in [-0.2, -0.15) is 13.2 Å². The Morgan fingerprint density at radius 2 is 1.97 bits per heavy atom. The molecule has 2 amide bonds. The molecule has 8 nitrogen and oxygen atoms in total. The van der Waals surface area contributed by atoms with Crippen molar-refractivity contribution in [2.75, 3.05) is 18.4 Å². The Bertz CT molecular complexity index is 1150. The van der Waals surface area contributed by atoms with Crippen molar-refractivity contribution in [3.63, 3.8) is 0 Å². The highest BCUT2D eigenvalue weighted by atomic mass is 32.1. The van der Waals surface area contributed by atoms with Crippen molar-refractivity contribution >= 4 is 29.0 Å². The fourth-order valence-corrected chi connectivity index (χ4v) is 4.72. The highest BCUT2D eigenvalue weighted by Gasteiger charge is 2.37. The summed E-state index contributed by atoms with van der Waals surface area (Å²) in [6.45, 7) is 5.90. The van der Waals surface area contributed by atoms with E-state index < -0.39 is 47.4 Å². The van der Waals surface area contributed by atoms with Gasteiger partial charge < -0.3 is 20.6 Å². The lowest BCUT2D eigenvalue weighted by molar-refractivity contribution is -0.138. The Kier molecular flexibility index (Phi) is 8.42. The smallest absolute Gasteiger partial charge is 0.389 e. The minimum Gasteiger partial charge on any atom is -0.389 e. The zero-order valence-corrected chi connectivity index (χ0v) is 21.4. The van der Waals surface area contributed by atoms with Crippen molar-refractivity contribution in [3.05, 3.63) is 28.5 Å². The molecule has 0 aliphatic carbocycles. The van der Waals surface area contributed by atoms with E-state index in [2.05, 4.69) is 20.6 Å². The monoisotopic (exact) mass is 549 g/mol. The Morgan fingerprint density at radius 3 is 2.51 bits per heavy atom. The van der Waals surface area contributed by atoms with Gasteiger partial charge in [0.25, 0.3) is 18.2 Å². The molecule has 0 saturated carbocycles. The molecule has 1 saturated heterocycles. The first-order chi connectivity index (χ1) is 17.1. The highest BCUT2D eigenvalue weighted by molar-refractivity contribution is 7.17. The number of aliphatic hydroxyl groups is 1. The number of rotatable bonds is 8. The van der Waals surface area contributed by atoms with E-state index in [1.807, 2.05) is 6.92 Å². The van der Waals surface area contributed by atoms with Gasteiger partial charge in [-0.25, -0.2) is 18.7 Å². The molecule has 0 spiro atoms. The maximum atomic E-state index is 14.1. The molecule has 0 bridgehead atoms. The lowest BCUT2D eigenvalue weighted by atomic mass is 10.1. The lowest BCUT2D eigenvalue weighted by Crippen LogP contribution is -2.38. The van der Waals surface area contributed by atoms with Crippen molar-refractivity contribution in [2.45, 2.75) is 70.8 Å². The summed E-state index contributed by atoms with van der Waals surface area (Å²) >= 11 is 0.689. The van der Waals surface area contributed by atoms with Gasteiger partial charge in [-0.15, -0.1) is 11.3 Å². The maximum absolute atomic E-state index is 14.1. The molecule has 1 aliphatic heterocycles. The molecule has 3 N–H and O–H groups in total. The SMILES string of the molecule is C[C@H]1CCCN1C(=O)c1nc(C(=O)NCC(C)(C)O)sc1-c1cnc(N[C@H](C)C(F)(F)F)cc1C(F)F. The fraction of sp³-hybridized carbons (Fsp3) is 0.565. The van der Waals surface area contributed by atoms with Crippen LogP contribution in [-0.4, -0.2) is 68.7 Å². The summed E-state index contributed by atoms with van der Waals surface area (Å²) in [6.07, 6.45) is -5.31. The summed E-state index contributed by atoms with van der Waals surface area (Å²) in [5, 5.41) is 14.2. The number of amides is 2. The Hall–Kier alpha value is -2.87. The van der Waals surface area contributed by atoms with E-state index in [0.29, 0.717) is 17.9 Å². The van der Waals surface area contributed by atoms with Crippen LogP contribution < -0.4 is 10.6 Å². The molecule has 3 heterocycles. The van der Waals surface area contributed by atoms with Crippen molar-refractivity contribution in [3.8, 4) is 10.4 Å². The van der Waals surface area contributed by atoms with Crippen molar-refractivity contribution in [1.29, 1.82) is 0 Å². The van der Waals surface area contributed by atoms with E-state index in [1.165, 1.54) is 18.7 Å². The minimum atomic E-state index is -4.62. The fourth-order valence-electron chi connectivity index (χ4n) is 3.71. The quantitative estimate of drug-likeness (QED) is 0.415. The first-order valence-electron chi connectivity index (χ1n) is 11.5. The van der Waals surface area contributed by atoms with Crippen LogP contribution >= 0.6 is 11.3 Å². The number of likely N-dealkylation sites (tertiary alicyclic amines) is 1. The third-order valence-corrected chi connectivity index (χ3v) is 6.88. The van der Waals surface area contributed by atoms with Crippen LogP contribution in [0.4, 0.5) is 27.8 Å². The van der Waals surface area contributed by atoms with E-state index in [0.717, 1.165) is 32.0 Å². The Morgan fingerprint density at radius 1 is 1.30 bits per heavy atom. The van der Waals surface area contributed by atoms with Crippen LogP contribution in [0.2, 0.25) is 0 Å². The van der Waals surface area contributed by atoms with Gasteiger partial charge in [0.1, 0.15) is 17.6 Å². The number of nitrogens with zero attached hydrogens (tertiary/aromatic N) is 3. The number of anilines is 1.